The Balaban J connectivity index is 2.50. The maximum Gasteiger partial charge on any atom is 0.122 e. The topological polar surface area (TPSA) is 13.7 Å². The maximum absolute atomic E-state index is 5.70. The van der Waals surface area contributed by atoms with E-state index in [0.29, 0.717) is 18.0 Å². The van der Waals surface area contributed by atoms with Gasteiger partial charge in [0.05, 0.1) is 31.7 Å². The van der Waals surface area contributed by atoms with Crippen LogP contribution in [-0.2, 0) is 0 Å². The summed E-state index contributed by atoms with van der Waals surface area (Å²) < 4.78 is 5.70. The maximum atomic E-state index is 5.70. The molecule has 2 heteroatoms. The third-order valence-electron chi connectivity index (χ3n) is 4.89. The van der Waals surface area contributed by atoms with E-state index in [1.165, 1.54) is 16.7 Å². The molecule has 2 nitrogen and oxygen atoms in total. The van der Waals surface area contributed by atoms with Crippen molar-refractivity contribution in [1.29, 1.82) is 0 Å². The molecule has 2 rings (SSSR count). The Labute approximate surface area is 147 Å². The summed E-state index contributed by atoms with van der Waals surface area (Å²) in [6, 6.07) is 18.5. The molecule has 0 aliphatic carbocycles. The highest BCUT2D eigenvalue weighted by Gasteiger charge is 2.27. The number of methoxy groups -OCH3 is 1. The average molecular weight is 327 g/mol. The summed E-state index contributed by atoms with van der Waals surface area (Å²) in [4.78, 5) is 1.62. The van der Waals surface area contributed by atoms with Crippen LogP contribution >= 0.6 is 0 Å². The largest absolute Gasteiger partial charge is 0.496 e. The first-order chi connectivity index (χ1) is 11.4. The number of aryl methyl sites for hydroxylation is 1. The minimum absolute atomic E-state index is 0.334. The monoisotopic (exact) mass is 326 g/mol. The van der Waals surface area contributed by atoms with Gasteiger partial charge in [-0.3, -0.25) is 0 Å². The molecule has 2 aromatic carbocycles. The first kappa shape index (κ1) is 18.5. The highest BCUT2D eigenvalue weighted by molar-refractivity contribution is 5.44. The molecule has 0 amide bonds. The standard InChI is InChI=1S/C22H31NO/c1-16(2)23(17(3)4)15-21(19-10-8-7-9-11-19)20-14-18(5)12-13-22(20)24-6/h7-14,16-17,21H,15H2,1-6H3/p+1. The van der Waals surface area contributed by atoms with E-state index in [-0.39, 0.29) is 0 Å². The summed E-state index contributed by atoms with van der Waals surface area (Å²) in [5.41, 5.74) is 3.94. The number of nitrogens with one attached hydrogen (secondary N) is 1. The van der Waals surface area contributed by atoms with Gasteiger partial charge in [0.1, 0.15) is 5.75 Å². The van der Waals surface area contributed by atoms with Crippen LogP contribution in [0.15, 0.2) is 48.5 Å². The first-order valence-corrected chi connectivity index (χ1v) is 8.99. The van der Waals surface area contributed by atoms with E-state index in [1.54, 1.807) is 12.0 Å². The second kappa shape index (κ2) is 8.34. The number of benzene rings is 2. The van der Waals surface area contributed by atoms with Crippen LogP contribution in [0.5, 0.6) is 5.75 Å². The molecule has 0 saturated carbocycles. The Hall–Kier alpha value is -1.80. The molecule has 1 N–H and O–H groups in total. The molecule has 0 fully saturated rings. The molecule has 0 heterocycles. The lowest BCUT2D eigenvalue weighted by atomic mass is 9.88. The van der Waals surface area contributed by atoms with Gasteiger partial charge >= 0.3 is 0 Å². The lowest BCUT2D eigenvalue weighted by Gasteiger charge is -2.32. The number of ether oxygens (including phenoxy) is 1. The lowest BCUT2D eigenvalue weighted by molar-refractivity contribution is -0.943. The molecular formula is C22H32NO+. The fourth-order valence-electron chi connectivity index (χ4n) is 3.59. The van der Waals surface area contributed by atoms with Crippen molar-refractivity contribution in [1.82, 2.24) is 0 Å². The summed E-state index contributed by atoms with van der Waals surface area (Å²) in [5.74, 6) is 1.32. The van der Waals surface area contributed by atoms with E-state index in [0.717, 1.165) is 12.3 Å². The second-order valence-electron chi connectivity index (χ2n) is 7.30. The Morgan fingerprint density at radius 3 is 2.08 bits per heavy atom. The van der Waals surface area contributed by atoms with E-state index >= 15 is 0 Å². The van der Waals surface area contributed by atoms with Crippen molar-refractivity contribution in [2.75, 3.05) is 13.7 Å². The quantitative estimate of drug-likeness (QED) is 0.816. The fourth-order valence-corrected chi connectivity index (χ4v) is 3.59. The van der Waals surface area contributed by atoms with E-state index < -0.39 is 0 Å². The van der Waals surface area contributed by atoms with Gasteiger partial charge in [0.2, 0.25) is 0 Å². The van der Waals surface area contributed by atoms with Crippen molar-refractivity contribution in [3.05, 3.63) is 65.2 Å². The molecule has 0 aliphatic heterocycles. The van der Waals surface area contributed by atoms with E-state index in [1.807, 2.05) is 0 Å². The van der Waals surface area contributed by atoms with Gasteiger partial charge in [-0.25, -0.2) is 0 Å². The fraction of sp³-hybridized carbons (Fsp3) is 0.455. The third-order valence-corrected chi connectivity index (χ3v) is 4.89. The lowest BCUT2D eigenvalue weighted by Crippen LogP contribution is -3.18. The predicted molar refractivity (Wildman–Crippen MR) is 102 cm³/mol. The van der Waals surface area contributed by atoms with Gasteiger partial charge in [-0.2, -0.15) is 0 Å². The zero-order chi connectivity index (χ0) is 17.7. The summed E-state index contributed by atoms with van der Waals surface area (Å²) in [6.45, 7) is 12.5. The van der Waals surface area contributed by atoms with Crippen LogP contribution in [-0.4, -0.2) is 25.7 Å². The average Bonchev–Trinajstić information content (AvgIpc) is 2.55. The molecule has 1 unspecified atom stereocenters. The van der Waals surface area contributed by atoms with Crippen molar-refractivity contribution >= 4 is 0 Å². The SMILES string of the molecule is COc1ccc(C)cc1C(C[NH+](C(C)C)C(C)C)c1ccccc1. The Kier molecular flexibility index (Phi) is 6.44. The van der Waals surface area contributed by atoms with E-state index in [4.69, 9.17) is 4.74 Å². The summed E-state index contributed by atoms with van der Waals surface area (Å²) >= 11 is 0. The van der Waals surface area contributed by atoms with Gasteiger partial charge in [0.25, 0.3) is 0 Å². The Morgan fingerprint density at radius 1 is 0.917 bits per heavy atom. The van der Waals surface area contributed by atoms with Gasteiger partial charge in [0, 0.05) is 5.56 Å². The smallest absolute Gasteiger partial charge is 0.122 e. The minimum Gasteiger partial charge on any atom is -0.496 e. The van der Waals surface area contributed by atoms with Crippen molar-refractivity contribution in [2.45, 2.75) is 52.6 Å². The molecule has 0 aromatic heterocycles. The number of quaternary nitrogens is 1. The molecule has 130 valence electrons. The van der Waals surface area contributed by atoms with Crippen molar-refractivity contribution in [3.63, 3.8) is 0 Å². The minimum atomic E-state index is 0.334. The molecule has 0 saturated heterocycles. The van der Waals surface area contributed by atoms with Gasteiger partial charge in [-0.15, -0.1) is 0 Å². The molecular weight excluding hydrogens is 294 g/mol. The van der Waals surface area contributed by atoms with Crippen molar-refractivity contribution < 1.29 is 9.64 Å². The van der Waals surface area contributed by atoms with Gasteiger partial charge in [-0.1, -0.05) is 48.0 Å². The predicted octanol–water partition coefficient (Wildman–Crippen LogP) is 3.84. The molecule has 0 radical (unpaired) electrons. The Bertz CT molecular complexity index is 626. The van der Waals surface area contributed by atoms with Gasteiger partial charge in [0.15, 0.2) is 0 Å². The second-order valence-corrected chi connectivity index (χ2v) is 7.30. The van der Waals surface area contributed by atoms with Gasteiger partial charge < -0.3 is 9.64 Å². The molecule has 2 aromatic rings. The van der Waals surface area contributed by atoms with Crippen molar-refractivity contribution in [2.24, 2.45) is 0 Å². The summed E-state index contributed by atoms with van der Waals surface area (Å²) in [7, 11) is 1.77. The molecule has 1 atom stereocenters. The first-order valence-electron chi connectivity index (χ1n) is 8.99. The summed E-state index contributed by atoms with van der Waals surface area (Å²) in [5, 5.41) is 0. The van der Waals surface area contributed by atoms with Crippen LogP contribution in [0.3, 0.4) is 0 Å². The number of hydrogen-bond donors (Lipinski definition) is 1. The van der Waals surface area contributed by atoms with E-state index in [2.05, 4.69) is 83.1 Å². The van der Waals surface area contributed by atoms with Crippen LogP contribution in [0.2, 0.25) is 0 Å². The third kappa shape index (κ3) is 4.39. The zero-order valence-electron chi connectivity index (χ0n) is 16.0. The summed E-state index contributed by atoms with van der Waals surface area (Å²) in [6.07, 6.45) is 0. The van der Waals surface area contributed by atoms with Crippen LogP contribution in [0.25, 0.3) is 0 Å². The van der Waals surface area contributed by atoms with Crippen LogP contribution < -0.4 is 9.64 Å². The van der Waals surface area contributed by atoms with Crippen LogP contribution in [0.4, 0.5) is 0 Å². The molecule has 24 heavy (non-hydrogen) atoms. The molecule has 0 aliphatic rings. The Morgan fingerprint density at radius 2 is 1.54 bits per heavy atom. The van der Waals surface area contributed by atoms with Crippen LogP contribution in [0, 0.1) is 6.92 Å². The molecule has 0 spiro atoms. The zero-order valence-corrected chi connectivity index (χ0v) is 16.0. The number of hydrogen-bond acceptors (Lipinski definition) is 1. The molecule has 0 bridgehead atoms. The van der Waals surface area contributed by atoms with Crippen molar-refractivity contribution in [3.8, 4) is 5.75 Å². The van der Waals surface area contributed by atoms with E-state index in [9.17, 15) is 0 Å². The van der Waals surface area contributed by atoms with Crippen LogP contribution in [0.1, 0.15) is 50.3 Å². The highest BCUT2D eigenvalue weighted by Crippen LogP contribution is 2.32. The number of rotatable bonds is 7. The normalized spacial score (nSPS) is 12.9. The highest BCUT2D eigenvalue weighted by atomic mass is 16.5. The van der Waals surface area contributed by atoms with Gasteiger partial charge in [-0.05, 0) is 46.2 Å².